The van der Waals surface area contributed by atoms with E-state index in [1.807, 2.05) is 41.4 Å². The van der Waals surface area contributed by atoms with Gasteiger partial charge in [-0.05, 0) is 61.2 Å². The van der Waals surface area contributed by atoms with Crippen LogP contribution in [0.2, 0.25) is 5.02 Å². The minimum Gasteiger partial charge on any atom is -0.492 e. The molecule has 3 rings (SSSR count). The largest absolute Gasteiger partial charge is 0.492 e. The van der Waals surface area contributed by atoms with Crippen LogP contribution in [-0.4, -0.2) is 25.3 Å². The number of anilines is 1. The molecule has 1 aliphatic rings. The van der Waals surface area contributed by atoms with Gasteiger partial charge in [-0.1, -0.05) is 120 Å². The number of carbonyl (C=O) groups excluding carboxylic acids is 1. The third-order valence-electron chi connectivity index (χ3n) is 8.61. The third kappa shape index (κ3) is 12.8. The number of aliphatic imine (C=N–C) groups is 1. The predicted molar refractivity (Wildman–Crippen MR) is 191 cm³/mol. The van der Waals surface area contributed by atoms with Crippen molar-refractivity contribution in [3.63, 3.8) is 0 Å². The molecule has 0 saturated carbocycles. The molecule has 0 N–H and O–H groups in total. The second kappa shape index (κ2) is 20.0. The summed E-state index contributed by atoms with van der Waals surface area (Å²) in [6, 6.07) is 14.2. The molecule has 0 spiro atoms. The van der Waals surface area contributed by atoms with E-state index in [0.29, 0.717) is 23.9 Å². The first kappa shape index (κ1) is 37.1. The molecule has 43 heavy (non-hydrogen) atoms. The Balaban J connectivity index is 0.00000645. The molecule has 0 aromatic heterocycles. The van der Waals surface area contributed by atoms with Gasteiger partial charge in [0.2, 0.25) is 5.91 Å². The molecule has 0 bridgehead atoms. The quantitative estimate of drug-likeness (QED) is 0.139. The monoisotopic (exact) mass is 672 g/mol. The normalized spacial score (nSPS) is 16.0. The zero-order valence-electron chi connectivity index (χ0n) is 27.0. The topological polar surface area (TPSA) is 41.9 Å². The zero-order chi connectivity index (χ0) is 30.2. The Morgan fingerprint density at radius 2 is 1.58 bits per heavy atom. The SMILES string of the molecule is Br.CCCCCCCCCCCCCCOc1cc(CN(C(C)=O)c2cccc(CC3(C)CN=CC=C3C)c2)ccc1Cl. The number of rotatable bonds is 19. The molecule has 2 aromatic rings. The van der Waals surface area contributed by atoms with Crippen LogP contribution in [0, 0.1) is 5.41 Å². The highest BCUT2D eigenvalue weighted by atomic mass is 79.9. The van der Waals surface area contributed by atoms with Gasteiger partial charge in [-0.25, -0.2) is 0 Å². The average molecular weight is 674 g/mol. The van der Waals surface area contributed by atoms with Gasteiger partial charge in [-0.3, -0.25) is 9.79 Å². The van der Waals surface area contributed by atoms with Crippen molar-refractivity contribution >= 4 is 46.4 Å². The summed E-state index contributed by atoms with van der Waals surface area (Å²) in [5, 5.41) is 0.612. The highest BCUT2D eigenvalue weighted by Crippen LogP contribution is 2.34. The van der Waals surface area contributed by atoms with E-state index < -0.39 is 0 Å². The lowest BCUT2D eigenvalue weighted by Crippen LogP contribution is -2.29. The molecular weight excluding hydrogens is 620 g/mol. The number of benzene rings is 2. The minimum atomic E-state index is -0.00953. The maximum Gasteiger partial charge on any atom is 0.224 e. The van der Waals surface area contributed by atoms with Gasteiger partial charge in [0, 0.05) is 30.8 Å². The minimum absolute atomic E-state index is 0. The van der Waals surface area contributed by atoms with Crippen LogP contribution in [0.4, 0.5) is 5.69 Å². The van der Waals surface area contributed by atoms with Gasteiger partial charge in [0.15, 0.2) is 0 Å². The first-order valence-electron chi connectivity index (χ1n) is 16.3. The Morgan fingerprint density at radius 3 is 2.21 bits per heavy atom. The van der Waals surface area contributed by atoms with Crippen LogP contribution in [0.25, 0.3) is 0 Å². The summed E-state index contributed by atoms with van der Waals surface area (Å²) in [7, 11) is 0. The fraction of sp³-hybridized carbons (Fsp3) is 0.568. The van der Waals surface area contributed by atoms with Crippen molar-refractivity contribution in [3.8, 4) is 5.75 Å². The molecule has 0 radical (unpaired) electrons. The van der Waals surface area contributed by atoms with Crippen LogP contribution in [-0.2, 0) is 17.8 Å². The number of carbonyl (C=O) groups is 1. The van der Waals surface area contributed by atoms with Gasteiger partial charge in [-0.2, -0.15) is 0 Å². The molecule has 1 heterocycles. The number of hydrogen-bond acceptors (Lipinski definition) is 3. The number of hydrogen-bond donors (Lipinski definition) is 0. The summed E-state index contributed by atoms with van der Waals surface area (Å²) in [5.41, 5.74) is 4.43. The first-order valence-corrected chi connectivity index (χ1v) is 16.7. The van der Waals surface area contributed by atoms with E-state index in [-0.39, 0.29) is 28.3 Å². The van der Waals surface area contributed by atoms with Gasteiger partial charge in [0.05, 0.1) is 18.2 Å². The van der Waals surface area contributed by atoms with Crippen LogP contribution < -0.4 is 9.64 Å². The number of halogens is 2. The lowest BCUT2D eigenvalue weighted by atomic mass is 9.76. The van der Waals surface area contributed by atoms with Gasteiger partial charge in [0.1, 0.15) is 5.75 Å². The second-order valence-electron chi connectivity index (χ2n) is 12.4. The lowest BCUT2D eigenvalue weighted by molar-refractivity contribution is -0.116. The van der Waals surface area contributed by atoms with E-state index in [1.54, 1.807) is 6.92 Å². The van der Waals surface area contributed by atoms with Crippen molar-refractivity contribution in [2.24, 2.45) is 10.4 Å². The molecule has 2 aromatic carbocycles. The Labute approximate surface area is 277 Å². The average Bonchev–Trinajstić information content (AvgIpc) is 2.97. The molecule has 0 saturated heterocycles. The third-order valence-corrected chi connectivity index (χ3v) is 8.92. The predicted octanol–water partition coefficient (Wildman–Crippen LogP) is 11.1. The van der Waals surface area contributed by atoms with Crippen molar-refractivity contribution in [1.29, 1.82) is 0 Å². The fourth-order valence-corrected chi connectivity index (χ4v) is 5.85. The van der Waals surface area contributed by atoms with Crippen molar-refractivity contribution in [3.05, 3.63) is 70.3 Å². The number of allylic oxidation sites excluding steroid dienone is 1. The first-order chi connectivity index (χ1) is 20.3. The highest BCUT2D eigenvalue weighted by molar-refractivity contribution is 8.93. The summed E-state index contributed by atoms with van der Waals surface area (Å²) in [4.78, 5) is 19.1. The van der Waals surface area contributed by atoms with Crippen molar-refractivity contribution in [1.82, 2.24) is 0 Å². The van der Waals surface area contributed by atoms with Crippen LogP contribution in [0.15, 0.2) is 59.1 Å². The van der Waals surface area contributed by atoms with Gasteiger partial charge in [-0.15, -0.1) is 17.0 Å². The summed E-state index contributed by atoms with van der Waals surface area (Å²) >= 11 is 6.48. The maximum absolute atomic E-state index is 12.8. The van der Waals surface area contributed by atoms with E-state index in [1.165, 1.54) is 81.8 Å². The van der Waals surface area contributed by atoms with Crippen molar-refractivity contribution in [2.75, 3.05) is 18.1 Å². The fourth-order valence-electron chi connectivity index (χ4n) is 5.67. The highest BCUT2D eigenvalue weighted by Gasteiger charge is 2.28. The smallest absolute Gasteiger partial charge is 0.224 e. The van der Waals surface area contributed by atoms with Gasteiger partial charge in [0.25, 0.3) is 0 Å². The summed E-state index contributed by atoms with van der Waals surface area (Å²) < 4.78 is 6.09. The Morgan fingerprint density at radius 1 is 0.930 bits per heavy atom. The Bertz CT molecular complexity index is 1180. The summed E-state index contributed by atoms with van der Waals surface area (Å²) in [6.45, 7) is 10.2. The zero-order valence-corrected chi connectivity index (χ0v) is 29.5. The molecule has 238 valence electrons. The van der Waals surface area contributed by atoms with E-state index >= 15 is 0 Å². The Hall–Kier alpha value is -2.11. The Kier molecular flexibility index (Phi) is 17.3. The van der Waals surface area contributed by atoms with Crippen LogP contribution in [0.3, 0.4) is 0 Å². The molecule has 1 amide bonds. The maximum atomic E-state index is 12.8. The molecule has 1 aliphatic heterocycles. The number of unbranched alkanes of at least 4 members (excludes halogenated alkanes) is 11. The number of ether oxygens (including phenoxy) is 1. The molecule has 1 unspecified atom stereocenters. The van der Waals surface area contributed by atoms with Gasteiger partial charge >= 0.3 is 0 Å². The van der Waals surface area contributed by atoms with E-state index in [9.17, 15) is 4.79 Å². The summed E-state index contributed by atoms with van der Waals surface area (Å²) in [6.07, 6.45) is 20.7. The van der Waals surface area contributed by atoms with Gasteiger partial charge < -0.3 is 9.64 Å². The molecule has 4 nitrogen and oxygen atoms in total. The standard InChI is InChI=1S/C37H53ClN2O2.BrH/c1-5-6-7-8-9-10-11-12-13-14-15-16-24-42-36-26-33(20-21-35(36)38)28-40(31(3)41)34-19-17-18-32(25-34)27-37(4)29-39-23-22-30(37)2;/h17-23,25-26H,5-16,24,27-29H2,1-4H3;1H. The van der Waals surface area contributed by atoms with Crippen LogP contribution >= 0.6 is 28.6 Å². The van der Waals surface area contributed by atoms with E-state index in [2.05, 4.69) is 44.0 Å². The van der Waals surface area contributed by atoms with E-state index in [0.717, 1.165) is 30.6 Å². The summed E-state index contributed by atoms with van der Waals surface area (Å²) in [5.74, 6) is 0.702. The molecule has 1 atom stereocenters. The number of amides is 1. The van der Waals surface area contributed by atoms with Crippen LogP contribution in [0.5, 0.6) is 5.75 Å². The van der Waals surface area contributed by atoms with Crippen molar-refractivity contribution < 1.29 is 9.53 Å². The van der Waals surface area contributed by atoms with E-state index in [4.69, 9.17) is 16.3 Å². The molecule has 0 fully saturated rings. The van der Waals surface area contributed by atoms with Crippen LogP contribution in [0.1, 0.15) is 116 Å². The van der Waals surface area contributed by atoms with Crippen molar-refractivity contribution in [2.45, 2.75) is 118 Å². The number of nitrogens with zero attached hydrogens (tertiary/aromatic N) is 2. The second-order valence-corrected chi connectivity index (χ2v) is 12.8. The molecule has 6 heteroatoms. The molecule has 0 aliphatic carbocycles. The lowest BCUT2D eigenvalue weighted by Gasteiger charge is -2.31. The number of dihydropyridines is 1. The molecular formula is C37H54BrClN2O2.